The number of nitrogens with zero attached hydrogens (tertiary/aromatic N) is 4. The molecule has 1 aromatic heterocycles. The first kappa shape index (κ1) is 21.8. The average molecular weight is 431 g/mol. The molecule has 0 radical (unpaired) electrons. The van der Waals surface area contributed by atoms with Gasteiger partial charge in [0.2, 0.25) is 15.9 Å². The Morgan fingerprint density at radius 3 is 2.50 bits per heavy atom. The molecule has 1 aliphatic rings. The van der Waals surface area contributed by atoms with Crippen LogP contribution in [-0.2, 0) is 14.8 Å². The Morgan fingerprint density at radius 1 is 1.20 bits per heavy atom. The number of aromatic nitrogens is 1. The Morgan fingerprint density at radius 2 is 1.90 bits per heavy atom. The molecule has 1 amide bonds. The molecule has 2 aromatic rings. The zero-order valence-corrected chi connectivity index (χ0v) is 17.1. The predicted octanol–water partition coefficient (Wildman–Crippen LogP) is 1.30. The van der Waals surface area contributed by atoms with Crippen LogP contribution in [0.25, 0.3) is 0 Å². The van der Waals surface area contributed by atoms with Gasteiger partial charge in [0.1, 0.15) is 16.8 Å². The summed E-state index contributed by atoms with van der Waals surface area (Å²) in [5.74, 6) is -0.510. The number of carbonyl (C=O) groups excluding carboxylic acids is 1. The topological polar surface area (TPSA) is 106 Å². The Hall–Kier alpha value is -2.87. The molecule has 30 heavy (non-hydrogen) atoms. The molecule has 0 saturated carbocycles. The van der Waals surface area contributed by atoms with Gasteiger partial charge in [-0.15, -0.1) is 0 Å². The van der Waals surface area contributed by atoms with E-state index in [1.807, 2.05) is 4.90 Å². The van der Waals surface area contributed by atoms with Crippen LogP contribution in [0.5, 0.6) is 0 Å². The number of carbonyl (C=O) groups is 1. The lowest BCUT2D eigenvalue weighted by Gasteiger charge is -2.37. The van der Waals surface area contributed by atoms with Crippen molar-refractivity contribution in [2.45, 2.75) is 17.4 Å². The highest BCUT2D eigenvalue weighted by Crippen LogP contribution is 2.22. The Bertz CT molecular complexity index is 1000. The summed E-state index contributed by atoms with van der Waals surface area (Å²) in [7, 11) is -3.70. The van der Waals surface area contributed by atoms with Gasteiger partial charge in [0.05, 0.1) is 6.07 Å². The number of pyridine rings is 1. The highest BCUT2D eigenvalue weighted by Gasteiger charge is 2.27. The number of hydrogen-bond acceptors (Lipinski definition) is 6. The van der Waals surface area contributed by atoms with Crippen molar-refractivity contribution in [3.8, 4) is 6.07 Å². The molecule has 10 heteroatoms. The molecule has 3 rings (SSSR count). The van der Waals surface area contributed by atoms with Crippen LogP contribution in [0, 0.1) is 17.1 Å². The maximum absolute atomic E-state index is 13.1. The second kappa shape index (κ2) is 9.75. The van der Waals surface area contributed by atoms with E-state index < -0.39 is 16.1 Å². The molecule has 1 fully saturated rings. The summed E-state index contributed by atoms with van der Waals surface area (Å²) < 4.78 is 39.8. The normalized spacial score (nSPS) is 16.1. The van der Waals surface area contributed by atoms with E-state index >= 15 is 0 Å². The predicted molar refractivity (Wildman–Crippen MR) is 107 cm³/mol. The molecular weight excluding hydrogens is 409 g/mol. The number of halogens is 1. The number of rotatable bonds is 7. The maximum atomic E-state index is 13.1. The Balaban J connectivity index is 1.48. The molecule has 1 unspecified atom stereocenters. The molecule has 2 heterocycles. The van der Waals surface area contributed by atoms with Crippen LogP contribution < -0.4 is 4.72 Å². The van der Waals surface area contributed by atoms with Gasteiger partial charge in [-0.3, -0.25) is 14.7 Å². The van der Waals surface area contributed by atoms with Crippen LogP contribution in [0.1, 0.15) is 18.0 Å². The molecule has 1 aromatic carbocycles. The van der Waals surface area contributed by atoms with E-state index in [1.165, 1.54) is 36.7 Å². The highest BCUT2D eigenvalue weighted by atomic mass is 32.2. The second-order valence-electron chi connectivity index (χ2n) is 6.84. The Labute approximate surface area is 175 Å². The van der Waals surface area contributed by atoms with Crippen molar-refractivity contribution >= 4 is 15.9 Å². The van der Waals surface area contributed by atoms with Crippen molar-refractivity contribution in [2.75, 3.05) is 32.7 Å². The second-order valence-corrected chi connectivity index (χ2v) is 8.60. The van der Waals surface area contributed by atoms with Gasteiger partial charge >= 0.3 is 0 Å². The zero-order valence-electron chi connectivity index (χ0n) is 16.2. The first-order valence-corrected chi connectivity index (χ1v) is 11.0. The van der Waals surface area contributed by atoms with Gasteiger partial charge in [0.25, 0.3) is 0 Å². The van der Waals surface area contributed by atoms with Crippen LogP contribution in [-0.4, -0.2) is 61.8 Å². The monoisotopic (exact) mass is 431 g/mol. The fourth-order valence-corrected chi connectivity index (χ4v) is 4.28. The summed E-state index contributed by atoms with van der Waals surface area (Å²) in [6.45, 7) is 1.87. The minimum Gasteiger partial charge on any atom is -0.340 e. The molecule has 1 saturated heterocycles. The Kier molecular flexibility index (Phi) is 7.10. The van der Waals surface area contributed by atoms with Gasteiger partial charge in [-0.2, -0.15) is 5.26 Å². The molecule has 1 N–H and O–H groups in total. The molecule has 1 aliphatic heterocycles. The van der Waals surface area contributed by atoms with E-state index in [0.29, 0.717) is 31.7 Å². The largest absolute Gasteiger partial charge is 0.340 e. The van der Waals surface area contributed by atoms with Crippen LogP contribution >= 0.6 is 0 Å². The van der Waals surface area contributed by atoms with Gasteiger partial charge < -0.3 is 4.90 Å². The minimum atomic E-state index is -3.70. The third kappa shape index (κ3) is 5.38. The number of sulfonamides is 1. The number of amides is 1. The lowest BCUT2D eigenvalue weighted by Crippen LogP contribution is -2.50. The van der Waals surface area contributed by atoms with Crippen molar-refractivity contribution in [3.05, 3.63) is 60.2 Å². The smallest absolute Gasteiger partial charge is 0.242 e. The van der Waals surface area contributed by atoms with Crippen molar-refractivity contribution < 1.29 is 17.6 Å². The molecule has 1 atom stereocenters. The van der Waals surface area contributed by atoms with Crippen LogP contribution in [0.3, 0.4) is 0 Å². The lowest BCUT2D eigenvalue weighted by molar-refractivity contribution is -0.132. The quantitative estimate of drug-likeness (QED) is 0.708. The highest BCUT2D eigenvalue weighted by molar-refractivity contribution is 7.89. The number of nitrogens with one attached hydrogen (secondary N) is 1. The molecular formula is C20H22FN5O3S. The van der Waals surface area contributed by atoms with E-state index in [2.05, 4.69) is 15.8 Å². The standard InChI is InChI=1S/C20H22FN5O3S/c21-17-5-3-16(4-6-17)19(14-22)25-10-12-26(13-11-25)20(27)7-9-24-30(28,29)18-2-1-8-23-15-18/h1-6,8,15,19,24H,7,9-13H2. The van der Waals surface area contributed by atoms with E-state index in [4.69, 9.17) is 0 Å². The van der Waals surface area contributed by atoms with E-state index in [0.717, 1.165) is 0 Å². The zero-order chi connectivity index (χ0) is 21.6. The van der Waals surface area contributed by atoms with Crippen LogP contribution in [0.15, 0.2) is 53.7 Å². The molecule has 8 nitrogen and oxygen atoms in total. The molecule has 158 valence electrons. The lowest BCUT2D eigenvalue weighted by atomic mass is 10.1. The number of nitriles is 1. The van der Waals surface area contributed by atoms with Gasteiger partial charge in [0, 0.05) is 51.5 Å². The van der Waals surface area contributed by atoms with Crippen molar-refractivity contribution in [1.29, 1.82) is 5.26 Å². The van der Waals surface area contributed by atoms with Crippen molar-refractivity contribution in [1.82, 2.24) is 19.5 Å². The van der Waals surface area contributed by atoms with Gasteiger partial charge in [0.15, 0.2) is 0 Å². The SMILES string of the molecule is N#CC(c1ccc(F)cc1)N1CCN(C(=O)CCNS(=O)(=O)c2cccnc2)CC1. The maximum Gasteiger partial charge on any atom is 0.242 e. The average Bonchev–Trinajstić information content (AvgIpc) is 2.76. The number of benzene rings is 1. The summed E-state index contributed by atoms with van der Waals surface area (Å²) in [5, 5.41) is 9.53. The van der Waals surface area contributed by atoms with Crippen molar-refractivity contribution in [2.24, 2.45) is 0 Å². The minimum absolute atomic E-state index is 0.00727. The molecule has 0 aliphatic carbocycles. The summed E-state index contributed by atoms with van der Waals surface area (Å²) in [4.78, 5) is 19.9. The molecule has 0 bridgehead atoms. The summed E-state index contributed by atoms with van der Waals surface area (Å²) >= 11 is 0. The van der Waals surface area contributed by atoms with Gasteiger partial charge in [-0.05, 0) is 29.8 Å². The third-order valence-electron chi connectivity index (χ3n) is 4.92. The van der Waals surface area contributed by atoms with E-state index in [1.54, 1.807) is 17.0 Å². The first-order chi connectivity index (χ1) is 14.4. The van der Waals surface area contributed by atoms with Crippen LogP contribution in [0.2, 0.25) is 0 Å². The van der Waals surface area contributed by atoms with Gasteiger partial charge in [-0.1, -0.05) is 12.1 Å². The number of hydrogen-bond donors (Lipinski definition) is 1. The molecule has 0 spiro atoms. The summed E-state index contributed by atoms with van der Waals surface area (Å²) in [6.07, 6.45) is 2.77. The van der Waals surface area contributed by atoms with Gasteiger partial charge in [-0.25, -0.2) is 17.5 Å². The summed E-state index contributed by atoms with van der Waals surface area (Å²) in [5.41, 5.74) is 0.712. The first-order valence-electron chi connectivity index (χ1n) is 9.47. The fraction of sp³-hybridized carbons (Fsp3) is 0.350. The van der Waals surface area contributed by atoms with E-state index in [-0.39, 0.29) is 29.6 Å². The summed E-state index contributed by atoms with van der Waals surface area (Å²) in [6, 6.07) is 10.5. The fourth-order valence-electron chi connectivity index (χ4n) is 3.28. The number of piperazine rings is 1. The van der Waals surface area contributed by atoms with E-state index in [9.17, 15) is 22.9 Å². The third-order valence-corrected chi connectivity index (χ3v) is 6.36. The van der Waals surface area contributed by atoms with Crippen LogP contribution in [0.4, 0.5) is 4.39 Å². The van der Waals surface area contributed by atoms with Crippen molar-refractivity contribution in [3.63, 3.8) is 0 Å².